The zero-order chi connectivity index (χ0) is 13.1. The molecule has 0 amide bonds. The van der Waals surface area contributed by atoms with E-state index in [2.05, 4.69) is 57.5 Å². The lowest BCUT2D eigenvalue weighted by molar-refractivity contribution is 0.600. The van der Waals surface area contributed by atoms with Crippen molar-refractivity contribution in [3.05, 3.63) is 51.8 Å². The summed E-state index contributed by atoms with van der Waals surface area (Å²) in [4.78, 5) is 0. The van der Waals surface area contributed by atoms with Crippen LogP contribution in [0.5, 0.6) is 0 Å². The van der Waals surface area contributed by atoms with E-state index in [1.807, 2.05) is 25.0 Å². The molecule has 4 heteroatoms. The lowest BCUT2D eigenvalue weighted by Crippen LogP contribution is -2.22. The van der Waals surface area contributed by atoms with Crippen LogP contribution in [0.15, 0.2) is 34.9 Å². The summed E-state index contributed by atoms with van der Waals surface area (Å²) in [5.74, 6) is 0. The molecule has 1 N–H and O–H groups in total. The van der Waals surface area contributed by atoms with Crippen molar-refractivity contribution >= 4 is 15.9 Å². The van der Waals surface area contributed by atoms with Gasteiger partial charge in [-0.25, -0.2) is 0 Å². The minimum atomic E-state index is 0.156. The Morgan fingerprint density at radius 2 is 2.11 bits per heavy atom. The maximum atomic E-state index is 4.30. The van der Waals surface area contributed by atoms with Crippen molar-refractivity contribution < 1.29 is 0 Å². The molecule has 18 heavy (non-hydrogen) atoms. The Hall–Kier alpha value is -1.13. The third-order valence-electron chi connectivity index (χ3n) is 3.25. The van der Waals surface area contributed by atoms with Gasteiger partial charge in [-0.15, -0.1) is 0 Å². The number of hydrogen-bond donors (Lipinski definition) is 1. The molecule has 96 valence electrons. The molecule has 0 bridgehead atoms. The molecule has 0 saturated heterocycles. The van der Waals surface area contributed by atoms with Crippen molar-refractivity contribution in [1.29, 1.82) is 0 Å². The van der Waals surface area contributed by atoms with Crippen LogP contribution in [0.1, 0.15) is 29.8 Å². The third kappa shape index (κ3) is 2.35. The lowest BCUT2D eigenvalue weighted by atomic mass is 9.96. The predicted octanol–water partition coefficient (Wildman–Crippen LogP) is 3.05. The number of halogens is 1. The highest BCUT2D eigenvalue weighted by molar-refractivity contribution is 9.10. The van der Waals surface area contributed by atoms with Gasteiger partial charge >= 0.3 is 0 Å². The Balaban J connectivity index is 2.52. The van der Waals surface area contributed by atoms with Gasteiger partial charge in [0.2, 0.25) is 0 Å². The van der Waals surface area contributed by atoms with Crippen LogP contribution < -0.4 is 5.32 Å². The molecule has 2 aromatic rings. The first kappa shape index (κ1) is 13.3. The number of hydrogen-bond acceptors (Lipinski definition) is 2. The maximum Gasteiger partial charge on any atom is 0.0759 e. The van der Waals surface area contributed by atoms with Gasteiger partial charge in [0.05, 0.1) is 22.4 Å². The zero-order valence-electron chi connectivity index (χ0n) is 10.9. The molecular formula is C14H18BrN3. The Labute approximate surface area is 116 Å². The zero-order valence-corrected chi connectivity index (χ0v) is 12.5. The van der Waals surface area contributed by atoms with Gasteiger partial charge in [0.1, 0.15) is 0 Å². The molecular weight excluding hydrogens is 290 g/mol. The van der Waals surface area contributed by atoms with Gasteiger partial charge in [-0.3, -0.25) is 4.68 Å². The molecule has 1 unspecified atom stereocenters. The number of rotatable bonds is 4. The van der Waals surface area contributed by atoms with Gasteiger partial charge in [-0.1, -0.05) is 31.2 Å². The van der Waals surface area contributed by atoms with E-state index < -0.39 is 0 Å². The molecule has 3 nitrogen and oxygen atoms in total. The van der Waals surface area contributed by atoms with Gasteiger partial charge in [0.15, 0.2) is 0 Å². The summed E-state index contributed by atoms with van der Waals surface area (Å²) in [7, 11) is 3.95. The SMILES string of the molecule is CCc1ccccc1C(NC)c1c(Br)cnn1C. The third-order valence-corrected chi connectivity index (χ3v) is 3.86. The summed E-state index contributed by atoms with van der Waals surface area (Å²) in [5, 5.41) is 7.68. The molecule has 2 rings (SSSR count). The summed E-state index contributed by atoms with van der Waals surface area (Å²) in [6, 6.07) is 8.70. The summed E-state index contributed by atoms with van der Waals surface area (Å²) in [6.45, 7) is 2.18. The highest BCUT2D eigenvalue weighted by Crippen LogP contribution is 2.29. The second-order valence-corrected chi connectivity index (χ2v) is 5.13. The van der Waals surface area contributed by atoms with Crippen molar-refractivity contribution in [3.63, 3.8) is 0 Å². The van der Waals surface area contributed by atoms with Crippen LogP contribution in [0, 0.1) is 0 Å². The summed E-state index contributed by atoms with van der Waals surface area (Å²) in [6.07, 6.45) is 2.87. The first-order valence-corrected chi connectivity index (χ1v) is 6.90. The fourth-order valence-electron chi connectivity index (χ4n) is 2.32. The first-order valence-electron chi connectivity index (χ1n) is 6.11. The fourth-order valence-corrected chi connectivity index (χ4v) is 2.90. The van der Waals surface area contributed by atoms with E-state index in [1.54, 1.807) is 0 Å². The molecule has 0 saturated carbocycles. The normalized spacial score (nSPS) is 12.7. The highest BCUT2D eigenvalue weighted by Gasteiger charge is 2.20. The molecule has 0 radical (unpaired) electrons. The molecule has 0 aliphatic heterocycles. The van der Waals surface area contributed by atoms with E-state index in [1.165, 1.54) is 11.1 Å². The molecule has 0 aliphatic carbocycles. The number of benzene rings is 1. The average molecular weight is 308 g/mol. The minimum Gasteiger partial charge on any atom is -0.308 e. The van der Waals surface area contributed by atoms with Crippen molar-refractivity contribution in [1.82, 2.24) is 15.1 Å². The van der Waals surface area contributed by atoms with Crippen LogP contribution in [-0.4, -0.2) is 16.8 Å². The van der Waals surface area contributed by atoms with Crippen molar-refractivity contribution in [2.24, 2.45) is 7.05 Å². The number of nitrogens with zero attached hydrogens (tertiary/aromatic N) is 2. The number of aromatic nitrogens is 2. The van der Waals surface area contributed by atoms with Crippen LogP contribution in [0.3, 0.4) is 0 Å². The molecule has 1 aromatic heterocycles. The second kappa shape index (κ2) is 5.67. The van der Waals surface area contributed by atoms with Crippen LogP contribution >= 0.6 is 15.9 Å². The highest BCUT2D eigenvalue weighted by atomic mass is 79.9. The second-order valence-electron chi connectivity index (χ2n) is 4.28. The van der Waals surface area contributed by atoms with E-state index in [-0.39, 0.29) is 6.04 Å². The lowest BCUT2D eigenvalue weighted by Gasteiger charge is -2.20. The number of nitrogens with one attached hydrogen (secondary N) is 1. The van der Waals surface area contributed by atoms with Gasteiger partial charge in [0.25, 0.3) is 0 Å². The van der Waals surface area contributed by atoms with Crippen LogP contribution in [0.2, 0.25) is 0 Å². The summed E-state index contributed by atoms with van der Waals surface area (Å²) in [5.41, 5.74) is 3.83. The van der Waals surface area contributed by atoms with E-state index in [0.29, 0.717) is 0 Å². The van der Waals surface area contributed by atoms with E-state index in [9.17, 15) is 0 Å². The van der Waals surface area contributed by atoms with Gasteiger partial charge in [-0.2, -0.15) is 5.10 Å². The van der Waals surface area contributed by atoms with E-state index in [4.69, 9.17) is 0 Å². The van der Waals surface area contributed by atoms with Gasteiger partial charge in [0, 0.05) is 7.05 Å². The summed E-state index contributed by atoms with van der Waals surface area (Å²) >= 11 is 3.58. The van der Waals surface area contributed by atoms with Crippen LogP contribution in [0.4, 0.5) is 0 Å². The standard InChI is InChI=1S/C14H18BrN3/c1-4-10-7-5-6-8-11(10)13(16-2)14-12(15)9-17-18(14)3/h5-9,13,16H,4H2,1-3H3. The minimum absolute atomic E-state index is 0.156. The Morgan fingerprint density at radius 1 is 1.39 bits per heavy atom. The van der Waals surface area contributed by atoms with Crippen molar-refractivity contribution in [3.8, 4) is 0 Å². The molecule has 1 aromatic carbocycles. The largest absolute Gasteiger partial charge is 0.308 e. The monoisotopic (exact) mass is 307 g/mol. The van der Waals surface area contributed by atoms with Gasteiger partial charge in [-0.05, 0) is 40.5 Å². The average Bonchev–Trinajstić information content (AvgIpc) is 2.72. The Bertz CT molecular complexity index is 514. The van der Waals surface area contributed by atoms with Crippen LogP contribution in [0.25, 0.3) is 0 Å². The first-order chi connectivity index (χ1) is 8.69. The smallest absolute Gasteiger partial charge is 0.0759 e. The summed E-state index contributed by atoms with van der Waals surface area (Å²) < 4.78 is 2.95. The van der Waals surface area contributed by atoms with Gasteiger partial charge < -0.3 is 5.32 Å². The quantitative estimate of drug-likeness (QED) is 0.941. The molecule has 1 heterocycles. The maximum absolute atomic E-state index is 4.30. The predicted molar refractivity (Wildman–Crippen MR) is 77.6 cm³/mol. The van der Waals surface area contributed by atoms with Crippen LogP contribution in [-0.2, 0) is 13.5 Å². The Kier molecular flexibility index (Phi) is 4.19. The molecule has 1 atom stereocenters. The van der Waals surface area contributed by atoms with Crippen molar-refractivity contribution in [2.45, 2.75) is 19.4 Å². The van der Waals surface area contributed by atoms with E-state index >= 15 is 0 Å². The topological polar surface area (TPSA) is 29.9 Å². The number of aryl methyl sites for hydroxylation is 2. The Morgan fingerprint density at radius 3 is 2.67 bits per heavy atom. The molecule has 0 fully saturated rings. The molecule has 0 spiro atoms. The van der Waals surface area contributed by atoms with E-state index in [0.717, 1.165) is 16.6 Å². The fraction of sp³-hybridized carbons (Fsp3) is 0.357. The van der Waals surface area contributed by atoms with Crippen molar-refractivity contribution in [2.75, 3.05) is 7.05 Å². The molecule has 0 aliphatic rings.